The second-order valence-electron chi connectivity index (χ2n) is 7.58. The molecule has 1 aliphatic rings. The molecule has 1 saturated heterocycles. The molecule has 4 nitrogen and oxygen atoms in total. The van der Waals surface area contributed by atoms with Gasteiger partial charge >= 0.3 is 5.97 Å². The molecule has 0 spiro atoms. The van der Waals surface area contributed by atoms with Crippen LogP contribution in [-0.4, -0.2) is 41.7 Å². The number of carboxylic acid groups (broad SMARTS) is 1. The van der Waals surface area contributed by atoms with Gasteiger partial charge in [0, 0.05) is 36.8 Å². The van der Waals surface area contributed by atoms with E-state index in [0.29, 0.717) is 18.7 Å². The highest BCUT2D eigenvalue weighted by molar-refractivity contribution is 5.69. The molecule has 0 amide bonds. The maximum Gasteiger partial charge on any atom is 0.317 e. The first-order chi connectivity index (χ1) is 11.2. The number of carboxylic acids is 1. The lowest BCUT2D eigenvalue weighted by Gasteiger charge is -2.39. The summed E-state index contributed by atoms with van der Waals surface area (Å²) in [5, 5.41) is 12.4. The zero-order valence-corrected chi connectivity index (χ0v) is 14.5. The zero-order chi connectivity index (χ0) is 17.9. The first kappa shape index (κ1) is 18.8. The Morgan fingerprint density at radius 2 is 1.96 bits per heavy atom. The number of halogens is 2. The molecule has 0 saturated carbocycles. The second-order valence-corrected chi connectivity index (χ2v) is 7.58. The van der Waals surface area contributed by atoms with Crippen LogP contribution in [-0.2, 0) is 4.79 Å². The molecular formula is C18H26F2N2O2. The Morgan fingerprint density at radius 1 is 1.33 bits per heavy atom. The van der Waals surface area contributed by atoms with Crippen molar-refractivity contribution in [1.82, 2.24) is 10.2 Å². The molecule has 1 aromatic rings. The Morgan fingerprint density at radius 3 is 2.46 bits per heavy atom. The summed E-state index contributed by atoms with van der Waals surface area (Å²) in [6, 6.07) is 3.66. The number of benzene rings is 1. The fourth-order valence-corrected chi connectivity index (χ4v) is 3.23. The molecule has 2 rings (SSSR count). The molecule has 1 atom stereocenters. The lowest BCUT2D eigenvalue weighted by molar-refractivity contribution is -0.138. The van der Waals surface area contributed by atoms with E-state index in [2.05, 4.69) is 5.32 Å². The molecule has 6 heteroatoms. The van der Waals surface area contributed by atoms with Crippen LogP contribution in [0.25, 0.3) is 0 Å². The predicted molar refractivity (Wildman–Crippen MR) is 88.8 cm³/mol. The highest BCUT2D eigenvalue weighted by atomic mass is 19.1. The topological polar surface area (TPSA) is 52.6 Å². The van der Waals surface area contributed by atoms with Gasteiger partial charge in [-0.2, -0.15) is 0 Å². The minimum Gasteiger partial charge on any atom is -0.480 e. The van der Waals surface area contributed by atoms with Crippen LogP contribution in [0.15, 0.2) is 18.2 Å². The Kier molecular flexibility index (Phi) is 5.93. The van der Waals surface area contributed by atoms with Crippen molar-refractivity contribution < 1.29 is 18.7 Å². The highest BCUT2D eigenvalue weighted by Crippen LogP contribution is 2.35. The highest BCUT2D eigenvalue weighted by Gasteiger charge is 2.32. The molecule has 1 aromatic carbocycles. The standard InChI is InChI=1S/C18H26F2N2O2/c1-18(2,3)17(14-5-4-12(19)10-15(14)20)21-13-6-8-22(9-7-13)11-16(23)24/h4-5,10,13,17,21H,6-9,11H2,1-3H3,(H,23,24). The predicted octanol–water partition coefficient (Wildman–Crippen LogP) is 3.19. The molecule has 0 aromatic heterocycles. The number of hydrogen-bond acceptors (Lipinski definition) is 3. The van der Waals surface area contributed by atoms with Crippen LogP contribution in [0, 0.1) is 17.0 Å². The molecule has 0 bridgehead atoms. The normalized spacial score (nSPS) is 18.5. The van der Waals surface area contributed by atoms with Crippen LogP contribution in [0.1, 0.15) is 45.2 Å². The van der Waals surface area contributed by atoms with E-state index < -0.39 is 17.6 Å². The zero-order valence-electron chi connectivity index (χ0n) is 14.5. The quantitative estimate of drug-likeness (QED) is 0.864. The van der Waals surface area contributed by atoms with Crippen molar-refractivity contribution in [3.8, 4) is 0 Å². The Bertz CT molecular complexity index is 579. The number of likely N-dealkylation sites (tertiary alicyclic amines) is 1. The number of aliphatic carboxylic acids is 1. The number of piperidine rings is 1. The summed E-state index contributed by atoms with van der Waals surface area (Å²) in [6.07, 6.45) is 1.62. The summed E-state index contributed by atoms with van der Waals surface area (Å²) in [5.74, 6) is -1.93. The monoisotopic (exact) mass is 340 g/mol. The molecule has 1 heterocycles. The van der Waals surface area contributed by atoms with Crippen molar-refractivity contribution in [3.05, 3.63) is 35.4 Å². The fraction of sp³-hybridized carbons (Fsp3) is 0.611. The average Bonchev–Trinajstić information content (AvgIpc) is 2.45. The summed E-state index contributed by atoms with van der Waals surface area (Å²) < 4.78 is 27.4. The van der Waals surface area contributed by atoms with Gasteiger partial charge in [-0.15, -0.1) is 0 Å². The Hall–Kier alpha value is -1.53. The minimum atomic E-state index is -0.817. The SMILES string of the molecule is CC(C)(C)C(NC1CCN(CC(=O)O)CC1)c1ccc(F)cc1F. The molecule has 0 radical (unpaired) electrons. The van der Waals surface area contributed by atoms with E-state index in [9.17, 15) is 13.6 Å². The summed E-state index contributed by atoms with van der Waals surface area (Å²) in [5.41, 5.74) is 0.230. The summed E-state index contributed by atoms with van der Waals surface area (Å²) in [6.45, 7) is 7.52. The molecule has 24 heavy (non-hydrogen) atoms. The van der Waals surface area contributed by atoms with Crippen molar-refractivity contribution in [3.63, 3.8) is 0 Å². The van der Waals surface area contributed by atoms with Crippen molar-refractivity contribution in [2.24, 2.45) is 5.41 Å². The average molecular weight is 340 g/mol. The fourth-order valence-electron chi connectivity index (χ4n) is 3.23. The van der Waals surface area contributed by atoms with Gasteiger partial charge in [0.1, 0.15) is 11.6 Å². The van der Waals surface area contributed by atoms with Crippen LogP contribution in [0.2, 0.25) is 0 Å². The molecule has 0 aliphatic carbocycles. The van der Waals surface area contributed by atoms with E-state index in [1.165, 1.54) is 12.1 Å². The lowest BCUT2D eigenvalue weighted by Crippen LogP contribution is -2.47. The van der Waals surface area contributed by atoms with Crippen LogP contribution >= 0.6 is 0 Å². The Balaban J connectivity index is 2.07. The molecule has 2 N–H and O–H groups in total. The van der Waals surface area contributed by atoms with Crippen LogP contribution in [0.5, 0.6) is 0 Å². The van der Waals surface area contributed by atoms with Gasteiger partial charge in [0.2, 0.25) is 0 Å². The van der Waals surface area contributed by atoms with Gasteiger partial charge in [-0.05, 0) is 24.3 Å². The summed E-state index contributed by atoms with van der Waals surface area (Å²) in [7, 11) is 0. The van der Waals surface area contributed by atoms with Gasteiger partial charge in [-0.25, -0.2) is 8.78 Å². The third kappa shape index (κ3) is 4.98. The second kappa shape index (κ2) is 7.57. The van der Waals surface area contributed by atoms with Crippen molar-refractivity contribution >= 4 is 5.97 Å². The maximum atomic E-state index is 14.2. The van der Waals surface area contributed by atoms with Gasteiger partial charge in [-0.1, -0.05) is 26.8 Å². The van der Waals surface area contributed by atoms with Crippen LogP contribution in [0.4, 0.5) is 8.78 Å². The van der Waals surface area contributed by atoms with Gasteiger partial charge in [-0.3, -0.25) is 9.69 Å². The maximum absolute atomic E-state index is 14.2. The molecular weight excluding hydrogens is 314 g/mol. The van der Waals surface area contributed by atoms with Crippen molar-refractivity contribution in [2.75, 3.05) is 19.6 Å². The van der Waals surface area contributed by atoms with Crippen LogP contribution in [0.3, 0.4) is 0 Å². The number of carbonyl (C=O) groups is 1. The largest absolute Gasteiger partial charge is 0.480 e. The molecule has 1 aliphatic heterocycles. The van der Waals surface area contributed by atoms with Gasteiger partial charge in [0.15, 0.2) is 0 Å². The van der Waals surface area contributed by atoms with Gasteiger partial charge < -0.3 is 10.4 Å². The van der Waals surface area contributed by atoms with Gasteiger partial charge in [0.05, 0.1) is 6.54 Å². The summed E-state index contributed by atoms with van der Waals surface area (Å²) in [4.78, 5) is 12.7. The van der Waals surface area contributed by atoms with E-state index in [1.54, 1.807) is 0 Å². The number of nitrogens with zero attached hydrogens (tertiary/aromatic N) is 1. The summed E-state index contributed by atoms with van der Waals surface area (Å²) >= 11 is 0. The third-order valence-corrected chi connectivity index (χ3v) is 4.49. The molecule has 1 fully saturated rings. The number of hydrogen-bond donors (Lipinski definition) is 2. The minimum absolute atomic E-state index is 0.0575. The van der Waals surface area contributed by atoms with Gasteiger partial charge in [0.25, 0.3) is 0 Å². The first-order valence-electron chi connectivity index (χ1n) is 8.32. The van der Waals surface area contributed by atoms with Crippen LogP contribution < -0.4 is 5.32 Å². The lowest BCUT2D eigenvalue weighted by atomic mass is 9.81. The van der Waals surface area contributed by atoms with E-state index in [4.69, 9.17) is 5.11 Å². The van der Waals surface area contributed by atoms with E-state index >= 15 is 0 Å². The molecule has 1 unspecified atom stereocenters. The van der Waals surface area contributed by atoms with Crippen molar-refractivity contribution in [2.45, 2.75) is 45.7 Å². The van der Waals surface area contributed by atoms with E-state index in [0.717, 1.165) is 18.9 Å². The van der Waals surface area contributed by atoms with E-state index in [-0.39, 0.29) is 24.0 Å². The molecule has 134 valence electrons. The number of nitrogens with one attached hydrogen (secondary N) is 1. The smallest absolute Gasteiger partial charge is 0.317 e. The number of rotatable bonds is 5. The van der Waals surface area contributed by atoms with E-state index in [1.807, 2.05) is 25.7 Å². The van der Waals surface area contributed by atoms with Crippen molar-refractivity contribution in [1.29, 1.82) is 0 Å². The first-order valence-corrected chi connectivity index (χ1v) is 8.32. The Labute approximate surface area is 141 Å². The third-order valence-electron chi connectivity index (χ3n) is 4.49.